The van der Waals surface area contributed by atoms with E-state index in [2.05, 4.69) is 13.5 Å². The summed E-state index contributed by atoms with van der Waals surface area (Å²) in [6.07, 6.45) is 3.94. The van der Waals surface area contributed by atoms with Crippen LogP contribution in [0.25, 0.3) is 0 Å². The van der Waals surface area contributed by atoms with Gasteiger partial charge in [0.05, 0.1) is 12.2 Å². The first-order valence-corrected chi connectivity index (χ1v) is 4.71. The fraction of sp³-hybridized carbons (Fsp3) is 0.700. The average molecular weight is 182 g/mol. The molecule has 3 heteroatoms. The lowest BCUT2D eigenvalue weighted by Gasteiger charge is -2.25. The highest BCUT2D eigenvalue weighted by atomic mass is 16.6. The van der Waals surface area contributed by atoms with E-state index in [0.717, 1.165) is 12.8 Å². The molecule has 0 aromatic heterocycles. The first kappa shape index (κ1) is 8.75. The third kappa shape index (κ3) is 1.61. The number of hydrogen-bond donors (Lipinski definition) is 0. The first-order chi connectivity index (χ1) is 6.22. The molecule has 0 N–H and O–H groups in total. The van der Waals surface area contributed by atoms with E-state index in [1.807, 2.05) is 0 Å². The van der Waals surface area contributed by atoms with Crippen molar-refractivity contribution in [2.75, 3.05) is 0 Å². The normalized spacial score (nSPS) is 41.9. The van der Waals surface area contributed by atoms with Crippen LogP contribution in [0, 0.1) is 5.92 Å². The average Bonchev–Trinajstić information content (AvgIpc) is 2.89. The van der Waals surface area contributed by atoms with Crippen molar-refractivity contribution in [3.8, 4) is 0 Å². The van der Waals surface area contributed by atoms with Gasteiger partial charge in [0.15, 0.2) is 0 Å². The molecule has 1 saturated heterocycles. The van der Waals surface area contributed by atoms with E-state index in [1.54, 1.807) is 0 Å². The maximum absolute atomic E-state index is 11.0. The van der Waals surface area contributed by atoms with Crippen molar-refractivity contribution >= 4 is 5.97 Å². The second kappa shape index (κ2) is 3.14. The number of hydrogen-bond acceptors (Lipinski definition) is 3. The van der Waals surface area contributed by atoms with Crippen molar-refractivity contribution in [1.29, 1.82) is 0 Å². The standard InChI is InChI=1S/C10H14O3/c1-3-9(11)12-7-4-5-8-10(13-8)6(7)2/h3,6-8,10H,1,4-5H2,2H3. The van der Waals surface area contributed by atoms with Gasteiger partial charge in [0.2, 0.25) is 0 Å². The second-order valence-electron chi connectivity index (χ2n) is 3.76. The maximum atomic E-state index is 11.0. The molecule has 0 aromatic rings. The zero-order valence-corrected chi connectivity index (χ0v) is 7.73. The highest BCUT2D eigenvalue weighted by Gasteiger charge is 2.50. The Morgan fingerprint density at radius 2 is 2.38 bits per heavy atom. The molecule has 0 aromatic carbocycles. The lowest BCUT2D eigenvalue weighted by Crippen LogP contribution is -2.32. The quantitative estimate of drug-likeness (QED) is 0.367. The van der Waals surface area contributed by atoms with Crippen molar-refractivity contribution < 1.29 is 14.3 Å². The van der Waals surface area contributed by atoms with Crippen molar-refractivity contribution in [2.24, 2.45) is 5.92 Å². The van der Waals surface area contributed by atoms with E-state index in [-0.39, 0.29) is 12.1 Å². The Kier molecular flexibility index (Phi) is 2.12. The molecular formula is C10H14O3. The molecule has 3 nitrogen and oxygen atoms in total. The Hall–Kier alpha value is -0.830. The number of fused-ring (bicyclic) bond motifs is 1. The number of carbonyl (C=O) groups excluding carboxylic acids is 1. The summed E-state index contributed by atoms with van der Waals surface area (Å²) in [7, 11) is 0. The lowest BCUT2D eigenvalue weighted by atomic mass is 9.88. The molecule has 1 saturated carbocycles. The van der Waals surface area contributed by atoms with Gasteiger partial charge in [0, 0.05) is 12.0 Å². The Morgan fingerprint density at radius 3 is 3.08 bits per heavy atom. The van der Waals surface area contributed by atoms with Gasteiger partial charge in [-0.3, -0.25) is 0 Å². The minimum atomic E-state index is -0.323. The minimum absolute atomic E-state index is 0.0225. The summed E-state index contributed by atoms with van der Waals surface area (Å²) < 4.78 is 10.6. The van der Waals surface area contributed by atoms with Gasteiger partial charge in [0.1, 0.15) is 6.10 Å². The van der Waals surface area contributed by atoms with E-state index < -0.39 is 0 Å². The maximum Gasteiger partial charge on any atom is 0.330 e. The molecular weight excluding hydrogens is 168 g/mol. The molecule has 0 amide bonds. The SMILES string of the molecule is C=CC(=O)OC1CCC2OC2C1C. The van der Waals surface area contributed by atoms with Crippen LogP contribution in [0.4, 0.5) is 0 Å². The molecule has 4 atom stereocenters. The third-order valence-electron chi connectivity index (χ3n) is 2.90. The van der Waals surface area contributed by atoms with Gasteiger partial charge in [-0.25, -0.2) is 4.79 Å². The van der Waals surface area contributed by atoms with Crippen molar-refractivity contribution in [3.63, 3.8) is 0 Å². The molecule has 1 heterocycles. The highest BCUT2D eigenvalue weighted by Crippen LogP contribution is 2.41. The molecule has 4 unspecified atom stereocenters. The van der Waals surface area contributed by atoms with E-state index in [1.165, 1.54) is 6.08 Å². The molecule has 0 bridgehead atoms. The largest absolute Gasteiger partial charge is 0.459 e. The van der Waals surface area contributed by atoms with E-state index >= 15 is 0 Å². The van der Waals surface area contributed by atoms with Crippen LogP contribution in [-0.2, 0) is 14.3 Å². The van der Waals surface area contributed by atoms with Gasteiger partial charge in [-0.15, -0.1) is 0 Å². The van der Waals surface area contributed by atoms with Crippen LogP contribution in [0.3, 0.4) is 0 Å². The molecule has 2 rings (SSSR count). The van der Waals surface area contributed by atoms with E-state index in [4.69, 9.17) is 9.47 Å². The smallest absolute Gasteiger partial charge is 0.330 e. The number of rotatable bonds is 2. The molecule has 13 heavy (non-hydrogen) atoms. The summed E-state index contributed by atoms with van der Waals surface area (Å²) in [5, 5.41) is 0. The van der Waals surface area contributed by atoms with Crippen molar-refractivity contribution in [3.05, 3.63) is 12.7 Å². The molecule has 1 aliphatic carbocycles. The van der Waals surface area contributed by atoms with Gasteiger partial charge in [-0.05, 0) is 12.8 Å². The van der Waals surface area contributed by atoms with Crippen molar-refractivity contribution in [1.82, 2.24) is 0 Å². The summed E-state index contributed by atoms with van der Waals surface area (Å²) in [4.78, 5) is 11.0. The van der Waals surface area contributed by atoms with Crippen LogP contribution in [-0.4, -0.2) is 24.3 Å². The van der Waals surface area contributed by atoms with Crippen LogP contribution >= 0.6 is 0 Å². The molecule has 1 aliphatic heterocycles. The van der Waals surface area contributed by atoms with Crippen LogP contribution < -0.4 is 0 Å². The summed E-state index contributed by atoms with van der Waals surface area (Å²) in [6, 6.07) is 0. The van der Waals surface area contributed by atoms with Gasteiger partial charge < -0.3 is 9.47 Å². The summed E-state index contributed by atoms with van der Waals surface area (Å²) in [5.74, 6) is 0.0126. The highest BCUT2D eigenvalue weighted by molar-refractivity contribution is 5.81. The van der Waals surface area contributed by atoms with Crippen LogP contribution in [0.1, 0.15) is 19.8 Å². The first-order valence-electron chi connectivity index (χ1n) is 4.71. The van der Waals surface area contributed by atoms with E-state index in [0.29, 0.717) is 18.1 Å². The van der Waals surface area contributed by atoms with Gasteiger partial charge in [0.25, 0.3) is 0 Å². The monoisotopic (exact) mass is 182 g/mol. The fourth-order valence-corrected chi connectivity index (χ4v) is 2.02. The van der Waals surface area contributed by atoms with E-state index in [9.17, 15) is 4.79 Å². The number of ether oxygens (including phenoxy) is 2. The molecule has 0 spiro atoms. The predicted octanol–water partition coefficient (Wildman–Crippen LogP) is 1.28. The number of esters is 1. The van der Waals surface area contributed by atoms with Crippen molar-refractivity contribution in [2.45, 2.75) is 38.1 Å². The Morgan fingerprint density at radius 1 is 1.62 bits per heavy atom. The number of carbonyl (C=O) groups is 1. The summed E-state index contributed by atoms with van der Waals surface area (Å²) >= 11 is 0. The predicted molar refractivity (Wildman–Crippen MR) is 47.1 cm³/mol. The molecule has 0 radical (unpaired) electrons. The number of epoxide rings is 1. The minimum Gasteiger partial charge on any atom is -0.459 e. The molecule has 72 valence electrons. The second-order valence-corrected chi connectivity index (χ2v) is 3.76. The Labute approximate surface area is 77.7 Å². The van der Waals surface area contributed by atoms with Gasteiger partial charge >= 0.3 is 5.97 Å². The Bertz CT molecular complexity index is 236. The topological polar surface area (TPSA) is 38.8 Å². The molecule has 2 fully saturated rings. The van der Waals surface area contributed by atoms with Crippen LogP contribution in [0.2, 0.25) is 0 Å². The summed E-state index contributed by atoms with van der Waals surface area (Å²) in [5.41, 5.74) is 0. The lowest BCUT2D eigenvalue weighted by molar-refractivity contribution is -0.146. The van der Waals surface area contributed by atoms with Gasteiger partial charge in [-0.2, -0.15) is 0 Å². The van der Waals surface area contributed by atoms with Crippen LogP contribution in [0.15, 0.2) is 12.7 Å². The Balaban J connectivity index is 1.91. The molecule has 2 aliphatic rings. The fourth-order valence-electron chi connectivity index (χ4n) is 2.02. The third-order valence-corrected chi connectivity index (χ3v) is 2.90. The van der Waals surface area contributed by atoms with Crippen LogP contribution in [0.5, 0.6) is 0 Å². The zero-order chi connectivity index (χ0) is 9.42. The zero-order valence-electron chi connectivity index (χ0n) is 7.73. The summed E-state index contributed by atoms with van der Waals surface area (Å²) in [6.45, 7) is 5.45. The van der Waals surface area contributed by atoms with Gasteiger partial charge in [-0.1, -0.05) is 13.5 Å².